The van der Waals surface area contributed by atoms with E-state index in [1.807, 2.05) is 24.3 Å². The highest BCUT2D eigenvalue weighted by Gasteiger charge is 2.14. The van der Waals surface area contributed by atoms with Crippen molar-refractivity contribution in [3.63, 3.8) is 0 Å². The Morgan fingerprint density at radius 2 is 2.11 bits per heavy atom. The monoisotopic (exact) mass is 244 g/mol. The topological polar surface area (TPSA) is 66.6 Å². The Morgan fingerprint density at radius 3 is 3.00 bits per heavy atom. The van der Waals surface area contributed by atoms with Gasteiger partial charge in [-0.2, -0.15) is 0 Å². The third-order valence-electron chi connectivity index (χ3n) is 2.61. The maximum absolute atomic E-state index is 5.75. The van der Waals surface area contributed by atoms with E-state index in [0.717, 1.165) is 11.4 Å². The highest BCUT2D eigenvalue weighted by molar-refractivity contribution is 5.48. The third-order valence-corrected chi connectivity index (χ3v) is 2.61. The Hall–Kier alpha value is -2.27. The van der Waals surface area contributed by atoms with Crippen molar-refractivity contribution in [3.8, 4) is 23.0 Å². The van der Waals surface area contributed by atoms with Crippen molar-refractivity contribution in [2.45, 2.75) is 6.54 Å². The van der Waals surface area contributed by atoms with Crippen molar-refractivity contribution >= 4 is 0 Å². The zero-order valence-corrected chi connectivity index (χ0v) is 9.63. The molecule has 0 bridgehead atoms. The van der Waals surface area contributed by atoms with Crippen molar-refractivity contribution in [2.75, 3.05) is 6.79 Å². The Balaban J connectivity index is 1.88. The molecule has 2 aromatic rings. The summed E-state index contributed by atoms with van der Waals surface area (Å²) in [4.78, 5) is 4.16. The van der Waals surface area contributed by atoms with Gasteiger partial charge >= 0.3 is 0 Å². The molecular weight excluding hydrogens is 232 g/mol. The van der Waals surface area contributed by atoms with Crippen LogP contribution in [0, 0.1) is 0 Å². The summed E-state index contributed by atoms with van der Waals surface area (Å²) in [6, 6.07) is 9.06. The summed E-state index contributed by atoms with van der Waals surface area (Å²) in [5.41, 5.74) is 6.33. The number of nitrogens with two attached hydrogens (primary N) is 1. The smallest absolute Gasteiger partial charge is 0.231 e. The molecule has 2 heterocycles. The Labute approximate surface area is 104 Å². The molecule has 2 N–H and O–H groups in total. The molecule has 0 atom stereocenters. The summed E-state index contributed by atoms with van der Waals surface area (Å²) in [5.74, 6) is 2.74. The van der Waals surface area contributed by atoms with Crippen molar-refractivity contribution < 1.29 is 14.2 Å². The second kappa shape index (κ2) is 4.54. The number of ether oxygens (including phenoxy) is 3. The van der Waals surface area contributed by atoms with E-state index in [2.05, 4.69) is 4.98 Å². The van der Waals surface area contributed by atoms with Gasteiger partial charge in [0, 0.05) is 18.8 Å². The zero-order valence-electron chi connectivity index (χ0n) is 9.63. The van der Waals surface area contributed by atoms with Gasteiger partial charge in [0.2, 0.25) is 6.79 Å². The van der Waals surface area contributed by atoms with Crippen molar-refractivity contribution in [3.05, 3.63) is 42.2 Å². The van der Waals surface area contributed by atoms with Crippen molar-refractivity contribution in [1.82, 2.24) is 4.98 Å². The number of nitrogens with zero attached hydrogens (tertiary/aromatic N) is 1. The van der Waals surface area contributed by atoms with Gasteiger partial charge in [-0.15, -0.1) is 0 Å². The number of pyridine rings is 1. The number of aromatic nitrogens is 1. The molecule has 1 aromatic heterocycles. The molecule has 3 rings (SSSR count). The van der Waals surface area contributed by atoms with Crippen LogP contribution in [0.15, 0.2) is 36.5 Å². The molecule has 0 spiro atoms. The van der Waals surface area contributed by atoms with Gasteiger partial charge in [0.25, 0.3) is 0 Å². The predicted molar refractivity (Wildman–Crippen MR) is 64.8 cm³/mol. The molecule has 0 radical (unpaired) electrons. The van der Waals surface area contributed by atoms with Crippen LogP contribution in [0.25, 0.3) is 0 Å². The second-order valence-electron chi connectivity index (χ2n) is 3.77. The summed E-state index contributed by atoms with van der Waals surface area (Å²) in [5, 5.41) is 0. The average Bonchev–Trinajstić information content (AvgIpc) is 2.87. The molecule has 0 aliphatic carbocycles. The van der Waals surface area contributed by atoms with Crippen LogP contribution in [0.4, 0.5) is 0 Å². The largest absolute Gasteiger partial charge is 0.455 e. The number of benzene rings is 1. The first-order chi connectivity index (χ1) is 8.86. The van der Waals surface area contributed by atoms with E-state index in [1.165, 1.54) is 0 Å². The number of hydrogen-bond donors (Lipinski definition) is 1. The average molecular weight is 244 g/mol. The first kappa shape index (κ1) is 10.9. The van der Waals surface area contributed by atoms with E-state index in [9.17, 15) is 0 Å². The molecule has 5 heteroatoms. The minimum atomic E-state index is 0.250. The Bertz CT molecular complexity index is 572. The first-order valence-corrected chi connectivity index (χ1v) is 5.58. The SMILES string of the molecule is NCc1ncccc1Oc1ccc2c(c1)OCO2. The van der Waals surface area contributed by atoms with Gasteiger partial charge in [-0.25, -0.2) is 0 Å². The van der Waals surface area contributed by atoms with E-state index < -0.39 is 0 Å². The Morgan fingerprint density at radius 1 is 1.22 bits per heavy atom. The molecule has 0 unspecified atom stereocenters. The van der Waals surface area contributed by atoms with Crippen LogP contribution in [0.3, 0.4) is 0 Å². The fourth-order valence-electron chi connectivity index (χ4n) is 1.74. The van der Waals surface area contributed by atoms with Gasteiger partial charge in [0.05, 0.1) is 5.69 Å². The molecular formula is C13H12N2O3. The summed E-state index contributed by atoms with van der Waals surface area (Å²) < 4.78 is 16.3. The van der Waals surface area contributed by atoms with Crippen LogP contribution >= 0.6 is 0 Å². The predicted octanol–water partition coefficient (Wildman–Crippen LogP) is 2.06. The molecule has 0 saturated heterocycles. The van der Waals surface area contributed by atoms with Gasteiger partial charge in [-0.1, -0.05) is 0 Å². The lowest BCUT2D eigenvalue weighted by Crippen LogP contribution is -2.01. The third kappa shape index (κ3) is 1.96. The lowest BCUT2D eigenvalue weighted by Gasteiger charge is -2.09. The molecule has 0 amide bonds. The molecule has 5 nitrogen and oxygen atoms in total. The minimum Gasteiger partial charge on any atom is -0.455 e. The molecule has 1 aromatic carbocycles. The van der Waals surface area contributed by atoms with Crippen LogP contribution in [-0.2, 0) is 6.54 Å². The molecule has 1 aliphatic heterocycles. The summed E-state index contributed by atoms with van der Waals surface area (Å²) in [6.07, 6.45) is 1.69. The van der Waals surface area contributed by atoms with E-state index in [4.69, 9.17) is 19.9 Å². The number of fused-ring (bicyclic) bond motifs is 1. The van der Waals surface area contributed by atoms with Crippen LogP contribution in [-0.4, -0.2) is 11.8 Å². The highest BCUT2D eigenvalue weighted by atomic mass is 16.7. The van der Waals surface area contributed by atoms with E-state index >= 15 is 0 Å². The fraction of sp³-hybridized carbons (Fsp3) is 0.154. The molecule has 18 heavy (non-hydrogen) atoms. The van der Waals surface area contributed by atoms with E-state index in [-0.39, 0.29) is 6.79 Å². The molecule has 0 fully saturated rings. The lowest BCUT2D eigenvalue weighted by atomic mass is 10.3. The quantitative estimate of drug-likeness (QED) is 0.895. The minimum absolute atomic E-state index is 0.250. The lowest BCUT2D eigenvalue weighted by molar-refractivity contribution is 0.174. The molecule has 0 saturated carbocycles. The standard InChI is InChI=1S/C13H12N2O3/c14-7-10-11(2-1-5-15-10)18-9-3-4-12-13(6-9)17-8-16-12/h1-6H,7-8,14H2. The van der Waals surface area contributed by atoms with E-state index in [0.29, 0.717) is 23.8 Å². The summed E-state index contributed by atoms with van der Waals surface area (Å²) in [7, 11) is 0. The first-order valence-electron chi connectivity index (χ1n) is 5.58. The van der Waals surface area contributed by atoms with E-state index in [1.54, 1.807) is 12.3 Å². The second-order valence-corrected chi connectivity index (χ2v) is 3.77. The van der Waals surface area contributed by atoms with Crippen molar-refractivity contribution in [1.29, 1.82) is 0 Å². The van der Waals surface area contributed by atoms with Crippen LogP contribution in [0.1, 0.15) is 5.69 Å². The summed E-state index contributed by atoms with van der Waals surface area (Å²) in [6.45, 7) is 0.584. The van der Waals surface area contributed by atoms with Crippen LogP contribution in [0.5, 0.6) is 23.0 Å². The van der Waals surface area contributed by atoms with Gasteiger partial charge < -0.3 is 19.9 Å². The van der Waals surface area contributed by atoms with Gasteiger partial charge in [-0.05, 0) is 24.3 Å². The maximum atomic E-state index is 5.75. The molecule has 92 valence electrons. The zero-order chi connectivity index (χ0) is 12.4. The number of hydrogen-bond acceptors (Lipinski definition) is 5. The van der Waals surface area contributed by atoms with Crippen LogP contribution in [0.2, 0.25) is 0 Å². The van der Waals surface area contributed by atoms with Gasteiger partial charge in [-0.3, -0.25) is 4.98 Å². The Kier molecular flexibility index (Phi) is 2.74. The fourth-order valence-corrected chi connectivity index (χ4v) is 1.74. The van der Waals surface area contributed by atoms with Gasteiger partial charge in [0.15, 0.2) is 11.5 Å². The van der Waals surface area contributed by atoms with Crippen LogP contribution < -0.4 is 19.9 Å². The maximum Gasteiger partial charge on any atom is 0.231 e. The van der Waals surface area contributed by atoms with Gasteiger partial charge in [0.1, 0.15) is 11.5 Å². The van der Waals surface area contributed by atoms with Crippen molar-refractivity contribution in [2.24, 2.45) is 5.73 Å². The number of rotatable bonds is 3. The molecule has 1 aliphatic rings. The highest BCUT2D eigenvalue weighted by Crippen LogP contribution is 2.36. The summed E-state index contributed by atoms with van der Waals surface area (Å²) >= 11 is 0. The normalized spacial score (nSPS) is 12.5.